The molecule has 1 heterocycles. The van der Waals surface area contributed by atoms with Gasteiger partial charge in [-0.2, -0.15) is 0 Å². The van der Waals surface area contributed by atoms with Crippen molar-refractivity contribution in [2.75, 3.05) is 12.0 Å². The SMILES string of the molecule is CCc1oc(C(=O)NC(C)CS(C)(=O)=O)cc1C(=O)O. The van der Waals surface area contributed by atoms with Crippen LogP contribution in [0.4, 0.5) is 0 Å². The van der Waals surface area contributed by atoms with Gasteiger partial charge >= 0.3 is 5.97 Å². The zero-order valence-corrected chi connectivity index (χ0v) is 12.3. The fourth-order valence-electron chi connectivity index (χ4n) is 1.77. The van der Waals surface area contributed by atoms with E-state index in [1.54, 1.807) is 13.8 Å². The van der Waals surface area contributed by atoms with Crippen molar-refractivity contribution in [3.05, 3.63) is 23.2 Å². The highest BCUT2D eigenvalue weighted by Gasteiger charge is 2.21. The molecule has 0 aliphatic heterocycles. The minimum atomic E-state index is -3.21. The smallest absolute Gasteiger partial charge is 0.339 e. The van der Waals surface area contributed by atoms with Crippen LogP contribution in [0.1, 0.15) is 40.5 Å². The van der Waals surface area contributed by atoms with Crippen molar-refractivity contribution >= 4 is 21.7 Å². The average Bonchev–Trinajstić information content (AvgIpc) is 2.69. The third-order valence-electron chi connectivity index (χ3n) is 2.51. The van der Waals surface area contributed by atoms with Gasteiger partial charge in [-0.1, -0.05) is 6.92 Å². The molecular formula is C12H17NO6S. The Morgan fingerprint density at radius 2 is 2.05 bits per heavy atom. The number of furan rings is 1. The number of hydrogen-bond donors (Lipinski definition) is 2. The van der Waals surface area contributed by atoms with Crippen molar-refractivity contribution in [1.82, 2.24) is 5.32 Å². The molecule has 0 aliphatic carbocycles. The zero-order valence-electron chi connectivity index (χ0n) is 11.5. The molecular weight excluding hydrogens is 286 g/mol. The monoisotopic (exact) mass is 303 g/mol. The summed E-state index contributed by atoms with van der Waals surface area (Å²) in [6.45, 7) is 3.25. The molecule has 20 heavy (non-hydrogen) atoms. The molecule has 1 rings (SSSR count). The molecule has 1 unspecified atom stereocenters. The van der Waals surface area contributed by atoms with E-state index in [-0.39, 0.29) is 22.8 Å². The van der Waals surface area contributed by atoms with E-state index in [9.17, 15) is 18.0 Å². The molecule has 1 aromatic rings. The van der Waals surface area contributed by atoms with Gasteiger partial charge in [0.15, 0.2) is 5.76 Å². The van der Waals surface area contributed by atoms with Gasteiger partial charge in [0.1, 0.15) is 21.2 Å². The Hall–Kier alpha value is -1.83. The molecule has 0 aromatic carbocycles. The highest BCUT2D eigenvalue weighted by Crippen LogP contribution is 2.16. The van der Waals surface area contributed by atoms with Crippen LogP contribution in [-0.2, 0) is 16.3 Å². The second-order valence-corrected chi connectivity index (χ2v) is 6.76. The number of carbonyl (C=O) groups is 2. The van der Waals surface area contributed by atoms with E-state index in [0.29, 0.717) is 6.42 Å². The van der Waals surface area contributed by atoms with Crippen LogP contribution >= 0.6 is 0 Å². The predicted octanol–water partition coefficient (Wildman–Crippen LogP) is 0.703. The fourth-order valence-corrected chi connectivity index (χ4v) is 2.77. The fraction of sp³-hybridized carbons (Fsp3) is 0.500. The van der Waals surface area contributed by atoms with Crippen molar-refractivity contribution in [1.29, 1.82) is 0 Å². The lowest BCUT2D eigenvalue weighted by atomic mass is 10.2. The molecule has 0 bridgehead atoms. The Kier molecular flexibility index (Phi) is 4.93. The largest absolute Gasteiger partial charge is 0.478 e. The third kappa shape index (κ3) is 4.37. The van der Waals surface area contributed by atoms with Crippen LogP contribution in [0, 0.1) is 0 Å². The van der Waals surface area contributed by atoms with Gasteiger partial charge < -0.3 is 14.8 Å². The van der Waals surface area contributed by atoms with E-state index >= 15 is 0 Å². The quantitative estimate of drug-likeness (QED) is 0.799. The number of aromatic carboxylic acids is 1. The van der Waals surface area contributed by atoms with Gasteiger partial charge in [0, 0.05) is 24.8 Å². The number of hydrogen-bond acceptors (Lipinski definition) is 5. The Bertz CT molecular complexity index is 616. The number of carboxylic acid groups (broad SMARTS) is 1. The van der Waals surface area contributed by atoms with E-state index in [1.807, 2.05) is 0 Å². The predicted molar refractivity (Wildman–Crippen MR) is 71.7 cm³/mol. The van der Waals surface area contributed by atoms with Crippen LogP contribution in [0.25, 0.3) is 0 Å². The van der Waals surface area contributed by atoms with Crippen molar-refractivity contribution in [3.63, 3.8) is 0 Å². The van der Waals surface area contributed by atoms with Gasteiger partial charge in [-0.3, -0.25) is 4.79 Å². The highest BCUT2D eigenvalue weighted by atomic mass is 32.2. The number of aryl methyl sites for hydroxylation is 1. The molecule has 112 valence electrons. The van der Waals surface area contributed by atoms with Gasteiger partial charge in [-0.15, -0.1) is 0 Å². The van der Waals surface area contributed by atoms with Crippen LogP contribution in [-0.4, -0.2) is 43.5 Å². The second-order valence-electron chi connectivity index (χ2n) is 4.57. The van der Waals surface area contributed by atoms with E-state index in [1.165, 1.54) is 0 Å². The number of carbonyl (C=O) groups excluding carboxylic acids is 1. The zero-order chi connectivity index (χ0) is 15.5. The molecule has 0 fully saturated rings. The summed E-state index contributed by atoms with van der Waals surface area (Å²) in [5.74, 6) is -1.94. The summed E-state index contributed by atoms with van der Waals surface area (Å²) < 4.78 is 27.4. The van der Waals surface area contributed by atoms with E-state index in [4.69, 9.17) is 9.52 Å². The van der Waals surface area contributed by atoms with Crippen molar-refractivity contribution in [2.24, 2.45) is 0 Å². The first-order valence-electron chi connectivity index (χ1n) is 5.98. The van der Waals surface area contributed by atoms with E-state index < -0.39 is 27.8 Å². The maximum Gasteiger partial charge on any atom is 0.339 e. The molecule has 2 N–H and O–H groups in total. The number of carboxylic acids is 1. The molecule has 0 aliphatic rings. The third-order valence-corrected chi connectivity index (χ3v) is 3.62. The maximum atomic E-state index is 11.9. The first-order valence-corrected chi connectivity index (χ1v) is 8.04. The van der Waals surface area contributed by atoms with E-state index in [0.717, 1.165) is 12.3 Å². The first kappa shape index (κ1) is 16.2. The van der Waals surface area contributed by atoms with Gasteiger partial charge in [0.05, 0.1) is 5.75 Å². The van der Waals surface area contributed by atoms with Crippen LogP contribution < -0.4 is 5.32 Å². The van der Waals surface area contributed by atoms with Crippen LogP contribution in [0.2, 0.25) is 0 Å². The number of rotatable bonds is 6. The first-order chi connectivity index (χ1) is 9.14. The summed E-state index contributed by atoms with van der Waals surface area (Å²) in [6, 6.07) is 0.546. The van der Waals surface area contributed by atoms with Crippen molar-refractivity contribution < 1.29 is 27.5 Å². The van der Waals surface area contributed by atoms with E-state index in [2.05, 4.69) is 5.32 Å². The molecule has 7 nitrogen and oxygen atoms in total. The molecule has 0 saturated heterocycles. The maximum absolute atomic E-state index is 11.9. The van der Waals surface area contributed by atoms with Crippen molar-refractivity contribution in [2.45, 2.75) is 26.3 Å². The van der Waals surface area contributed by atoms with Gasteiger partial charge in [0.2, 0.25) is 0 Å². The Labute approximate surface area is 116 Å². The molecule has 0 saturated carbocycles. The normalized spacial score (nSPS) is 12.9. The summed E-state index contributed by atoms with van der Waals surface area (Å²) in [6.07, 6.45) is 1.41. The second kappa shape index (κ2) is 6.08. The summed E-state index contributed by atoms with van der Waals surface area (Å²) in [5.41, 5.74) is -0.0617. The lowest BCUT2D eigenvalue weighted by Crippen LogP contribution is -2.37. The average molecular weight is 303 g/mol. The number of amides is 1. The molecule has 8 heteroatoms. The van der Waals surface area contributed by atoms with Gasteiger partial charge in [-0.05, 0) is 6.92 Å². The lowest BCUT2D eigenvalue weighted by Gasteiger charge is -2.11. The minimum absolute atomic E-state index is 0.0617. The highest BCUT2D eigenvalue weighted by molar-refractivity contribution is 7.90. The molecule has 0 spiro atoms. The van der Waals surface area contributed by atoms with Crippen LogP contribution in [0.15, 0.2) is 10.5 Å². The van der Waals surface area contributed by atoms with Crippen LogP contribution in [0.3, 0.4) is 0 Å². The number of nitrogens with one attached hydrogen (secondary N) is 1. The Morgan fingerprint density at radius 1 is 1.45 bits per heavy atom. The lowest BCUT2D eigenvalue weighted by molar-refractivity contribution is 0.0694. The molecule has 1 amide bonds. The molecule has 1 atom stereocenters. The summed E-state index contributed by atoms with van der Waals surface area (Å²) in [5, 5.41) is 11.4. The minimum Gasteiger partial charge on any atom is -0.478 e. The molecule has 0 radical (unpaired) electrons. The topological polar surface area (TPSA) is 114 Å². The van der Waals surface area contributed by atoms with Crippen molar-refractivity contribution in [3.8, 4) is 0 Å². The Morgan fingerprint density at radius 3 is 2.45 bits per heavy atom. The van der Waals surface area contributed by atoms with Gasteiger partial charge in [0.25, 0.3) is 5.91 Å². The summed E-state index contributed by atoms with van der Waals surface area (Å²) in [4.78, 5) is 22.8. The number of sulfone groups is 1. The summed E-state index contributed by atoms with van der Waals surface area (Å²) >= 11 is 0. The van der Waals surface area contributed by atoms with Crippen LogP contribution in [0.5, 0.6) is 0 Å². The Balaban J connectivity index is 2.85. The summed E-state index contributed by atoms with van der Waals surface area (Å²) in [7, 11) is -3.21. The molecule has 1 aromatic heterocycles. The standard InChI is InChI=1S/C12H17NO6S/c1-4-9-8(12(15)16)5-10(19-9)11(14)13-7(2)6-20(3,17)18/h5,7H,4,6H2,1-3H3,(H,13,14)(H,15,16). The van der Waals surface area contributed by atoms with Gasteiger partial charge in [-0.25, -0.2) is 13.2 Å².